The molecule has 34 heavy (non-hydrogen) atoms. The summed E-state index contributed by atoms with van der Waals surface area (Å²) in [7, 11) is 3.32. The van der Waals surface area contributed by atoms with E-state index in [9.17, 15) is 9.59 Å². The molecule has 0 saturated heterocycles. The van der Waals surface area contributed by atoms with Crippen molar-refractivity contribution in [1.82, 2.24) is 29.6 Å². The summed E-state index contributed by atoms with van der Waals surface area (Å²) in [6, 6.07) is 3.81. The van der Waals surface area contributed by atoms with E-state index >= 15 is 0 Å². The van der Waals surface area contributed by atoms with Crippen LogP contribution in [0.25, 0.3) is 11.3 Å². The van der Waals surface area contributed by atoms with Gasteiger partial charge >= 0.3 is 0 Å². The average Bonchev–Trinajstić information content (AvgIpc) is 3.58. The largest absolute Gasteiger partial charge is 0.386 e. The number of carbonyl (C=O) groups excluding carboxylic acids is 2. The van der Waals surface area contributed by atoms with Gasteiger partial charge in [-0.2, -0.15) is 10.1 Å². The number of hydrogen-bond acceptors (Lipinski definition) is 7. The van der Waals surface area contributed by atoms with Crippen LogP contribution in [0, 0.1) is 5.92 Å². The Kier molecular flexibility index (Phi) is 6.10. The summed E-state index contributed by atoms with van der Waals surface area (Å²) in [5, 5.41) is 4.09. The summed E-state index contributed by atoms with van der Waals surface area (Å²) in [4.78, 5) is 42.9. The Bertz CT molecular complexity index is 1230. The molecule has 0 aromatic carbocycles. The standard InChI is InChI=1S/C23H27N9O2/c1-23(16-4-5-16,17-6-7-18(26-11-17)14-8-27-22(25)28-9-14)21(24)30-20(34)15-10-29-32(12-15)13-19(33)31(2)3/h6-12,16H,4-5,13H2,1-3H3,(H2,24,30,34)(H2,25,27,28). The third kappa shape index (κ3) is 4.63. The number of amidine groups is 1. The van der Waals surface area contributed by atoms with E-state index in [4.69, 9.17) is 11.5 Å². The number of pyridine rings is 1. The van der Waals surface area contributed by atoms with E-state index in [1.54, 1.807) is 32.7 Å². The molecule has 176 valence electrons. The van der Waals surface area contributed by atoms with Crippen molar-refractivity contribution in [3.63, 3.8) is 0 Å². The number of amides is 2. The summed E-state index contributed by atoms with van der Waals surface area (Å²) < 4.78 is 1.41. The van der Waals surface area contributed by atoms with E-state index in [1.165, 1.54) is 22.0 Å². The highest BCUT2D eigenvalue weighted by atomic mass is 16.2. The fourth-order valence-electron chi connectivity index (χ4n) is 3.73. The second-order valence-corrected chi connectivity index (χ2v) is 8.76. The van der Waals surface area contributed by atoms with E-state index in [0.717, 1.165) is 24.0 Å². The lowest BCUT2D eigenvalue weighted by Gasteiger charge is -2.29. The van der Waals surface area contributed by atoms with Crippen molar-refractivity contribution in [2.75, 3.05) is 19.8 Å². The first-order valence-corrected chi connectivity index (χ1v) is 10.8. The zero-order chi connectivity index (χ0) is 24.5. The minimum absolute atomic E-state index is 0.0380. The predicted octanol–water partition coefficient (Wildman–Crippen LogP) is 1.27. The molecule has 3 aromatic rings. The Balaban J connectivity index is 1.56. The van der Waals surface area contributed by atoms with Gasteiger partial charge in [0, 0.05) is 44.4 Å². The number of nitrogens with zero attached hydrogens (tertiary/aromatic N) is 7. The highest BCUT2D eigenvalue weighted by molar-refractivity contribution is 6.06. The molecule has 1 unspecified atom stereocenters. The number of hydrogen-bond donors (Lipinski definition) is 2. The first-order valence-electron chi connectivity index (χ1n) is 10.8. The number of rotatable bonds is 7. The SMILES string of the molecule is CN(C)C(=O)Cn1cc(C(=O)N=C(N)C(C)(c2ccc(-c3cnc(N)nc3)nc2)C2CC2)cn1. The van der Waals surface area contributed by atoms with Gasteiger partial charge in [-0.3, -0.25) is 19.3 Å². The molecule has 1 atom stereocenters. The van der Waals surface area contributed by atoms with Gasteiger partial charge in [-0.05, 0) is 37.3 Å². The molecule has 1 saturated carbocycles. The summed E-state index contributed by atoms with van der Waals surface area (Å²) in [6.45, 7) is 2.02. The first-order chi connectivity index (χ1) is 16.2. The highest BCUT2D eigenvalue weighted by Crippen LogP contribution is 2.47. The first kappa shape index (κ1) is 23.0. The Morgan fingerprint density at radius 3 is 2.44 bits per heavy atom. The summed E-state index contributed by atoms with van der Waals surface area (Å²) in [6.07, 6.45) is 9.85. The minimum Gasteiger partial charge on any atom is -0.386 e. The number of anilines is 1. The van der Waals surface area contributed by atoms with Gasteiger partial charge in [0.25, 0.3) is 5.91 Å². The molecular formula is C23H27N9O2. The number of likely N-dealkylation sites (N-methyl/N-ethyl adjacent to an activating group) is 1. The summed E-state index contributed by atoms with van der Waals surface area (Å²) >= 11 is 0. The lowest BCUT2D eigenvalue weighted by Crippen LogP contribution is -2.41. The van der Waals surface area contributed by atoms with Crippen molar-refractivity contribution in [2.45, 2.75) is 31.7 Å². The van der Waals surface area contributed by atoms with Crippen LogP contribution in [-0.4, -0.2) is 61.4 Å². The molecular weight excluding hydrogens is 434 g/mol. The minimum atomic E-state index is -0.643. The number of aromatic nitrogens is 5. The number of nitrogens with two attached hydrogens (primary N) is 2. The lowest BCUT2D eigenvalue weighted by atomic mass is 9.77. The number of carbonyl (C=O) groups is 2. The fraction of sp³-hybridized carbons (Fsp3) is 0.348. The van der Waals surface area contributed by atoms with E-state index in [-0.39, 0.29) is 35.7 Å². The second-order valence-electron chi connectivity index (χ2n) is 8.76. The molecule has 1 fully saturated rings. The molecule has 3 aromatic heterocycles. The second kappa shape index (κ2) is 9.00. The molecule has 11 nitrogen and oxygen atoms in total. The van der Waals surface area contributed by atoms with Crippen molar-refractivity contribution in [2.24, 2.45) is 16.6 Å². The maximum atomic E-state index is 12.8. The molecule has 3 heterocycles. The van der Waals surface area contributed by atoms with Gasteiger partial charge in [-0.1, -0.05) is 6.07 Å². The van der Waals surface area contributed by atoms with Gasteiger partial charge in [-0.15, -0.1) is 0 Å². The third-order valence-electron chi connectivity index (χ3n) is 6.15. The van der Waals surface area contributed by atoms with Gasteiger partial charge in [0.05, 0.1) is 22.9 Å². The van der Waals surface area contributed by atoms with Crippen LogP contribution in [0.4, 0.5) is 5.95 Å². The topological polar surface area (TPSA) is 158 Å². The lowest BCUT2D eigenvalue weighted by molar-refractivity contribution is -0.129. The molecule has 11 heteroatoms. The predicted molar refractivity (Wildman–Crippen MR) is 127 cm³/mol. The zero-order valence-electron chi connectivity index (χ0n) is 19.3. The quantitative estimate of drug-likeness (QED) is 0.393. The van der Waals surface area contributed by atoms with Crippen molar-refractivity contribution in [3.05, 3.63) is 54.2 Å². The molecule has 4 rings (SSSR count). The van der Waals surface area contributed by atoms with Gasteiger partial charge in [0.2, 0.25) is 11.9 Å². The van der Waals surface area contributed by atoms with Crippen molar-refractivity contribution in [1.29, 1.82) is 0 Å². The third-order valence-corrected chi connectivity index (χ3v) is 6.15. The van der Waals surface area contributed by atoms with Crippen LogP contribution in [0.5, 0.6) is 0 Å². The van der Waals surface area contributed by atoms with Crippen LogP contribution in [0.1, 0.15) is 35.7 Å². The Morgan fingerprint density at radius 2 is 1.85 bits per heavy atom. The highest BCUT2D eigenvalue weighted by Gasteiger charge is 2.46. The van der Waals surface area contributed by atoms with E-state index in [2.05, 4.69) is 25.0 Å². The zero-order valence-corrected chi connectivity index (χ0v) is 19.3. The van der Waals surface area contributed by atoms with Crippen molar-refractivity contribution < 1.29 is 9.59 Å². The van der Waals surface area contributed by atoms with Crippen LogP contribution in [-0.2, 0) is 16.8 Å². The summed E-state index contributed by atoms with van der Waals surface area (Å²) in [5.74, 6) is 0.0501. The van der Waals surface area contributed by atoms with Gasteiger partial charge in [-0.25, -0.2) is 9.97 Å². The van der Waals surface area contributed by atoms with E-state index < -0.39 is 11.3 Å². The molecule has 0 aliphatic heterocycles. The Morgan fingerprint density at radius 1 is 1.15 bits per heavy atom. The van der Waals surface area contributed by atoms with Crippen LogP contribution in [0.3, 0.4) is 0 Å². The molecule has 4 N–H and O–H groups in total. The smallest absolute Gasteiger partial charge is 0.281 e. The molecule has 1 aliphatic carbocycles. The Hall–Kier alpha value is -4.15. The molecule has 0 radical (unpaired) electrons. The van der Waals surface area contributed by atoms with E-state index in [1.807, 2.05) is 19.1 Å². The van der Waals surface area contributed by atoms with Crippen molar-refractivity contribution in [3.8, 4) is 11.3 Å². The number of nitrogen functional groups attached to an aromatic ring is 1. The monoisotopic (exact) mass is 461 g/mol. The number of aliphatic imine (C=N–C) groups is 1. The van der Waals surface area contributed by atoms with Gasteiger partial charge in [0.1, 0.15) is 12.4 Å². The molecule has 0 spiro atoms. The van der Waals surface area contributed by atoms with Crippen LogP contribution in [0.2, 0.25) is 0 Å². The van der Waals surface area contributed by atoms with Gasteiger partial charge in [0.15, 0.2) is 0 Å². The fourth-order valence-corrected chi connectivity index (χ4v) is 3.73. The van der Waals surface area contributed by atoms with Crippen LogP contribution >= 0.6 is 0 Å². The molecule has 2 amide bonds. The average molecular weight is 462 g/mol. The van der Waals surface area contributed by atoms with Gasteiger partial charge < -0.3 is 16.4 Å². The maximum absolute atomic E-state index is 12.8. The molecule has 1 aliphatic rings. The van der Waals surface area contributed by atoms with Crippen LogP contribution in [0.15, 0.2) is 48.1 Å². The van der Waals surface area contributed by atoms with E-state index in [0.29, 0.717) is 5.69 Å². The normalized spacial score (nSPS) is 15.6. The maximum Gasteiger partial charge on any atom is 0.281 e. The Labute approximate surface area is 196 Å². The van der Waals surface area contributed by atoms with Crippen molar-refractivity contribution >= 4 is 23.6 Å². The molecule has 0 bridgehead atoms. The summed E-state index contributed by atoms with van der Waals surface area (Å²) in [5.41, 5.74) is 13.9. The van der Waals surface area contributed by atoms with Crippen LogP contribution < -0.4 is 11.5 Å².